The van der Waals surface area contributed by atoms with Gasteiger partial charge in [0.25, 0.3) is 0 Å². The van der Waals surface area contributed by atoms with Gasteiger partial charge in [0, 0.05) is 18.8 Å². The summed E-state index contributed by atoms with van der Waals surface area (Å²) >= 11 is 0. The maximum Gasteiger partial charge on any atom is 0.117 e. The molecule has 25 heavy (non-hydrogen) atoms. The lowest BCUT2D eigenvalue weighted by atomic mass is 9.69. The van der Waals surface area contributed by atoms with E-state index in [4.69, 9.17) is 0 Å². The van der Waals surface area contributed by atoms with Gasteiger partial charge in [0.2, 0.25) is 0 Å². The van der Waals surface area contributed by atoms with E-state index in [1.54, 1.807) is 0 Å². The van der Waals surface area contributed by atoms with Crippen LogP contribution in [0.1, 0.15) is 37.8 Å². The monoisotopic (exact) mass is 340 g/mol. The Hall–Kier alpha value is -1.68. The van der Waals surface area contributed by atoms with Crippen LogP contribution in [0.4, 0.5) is 0 Å². The summed E-state index contributed by atoms with van der Waals surface area (Å²) in [6.07, 6.45) is 1.01. The Labute approximate surface area is 150 Å². The molecule has 0 aromatic heterocycles. The minimum atomic E-state index is -1.20. The molecule has 0 spiro atoms. The molecule has 3 nitrogen and oxygen atoms in total. The molecule has 1 aliphatic rings. The van der Waals surface area contributed by atoms with Crippen LogP contribution in [-0.4, -0.2) is 35.4 Å². The average molecular weight is 340 g/mol. The van der Waals surface area contributed by atoms with E-state index in [2.05, 4.69) is 20.9 Å². The SMILES string of the molecule is C[C@@H]1C[C@@](O)(CC(O)(c2ccccc2)c2ccccc2)[C@H](C)C[NH+]1C. The number of nitrogens with one attached hydrogen (secondary N) is 1. The van der Waals surface area contributed by atoms with Crippen molar-refractivity contribution < 1.29 is 15.1 Å². The fourth-order valence-electron chi connectivity index (χ4n) is 4.27. The summed E-state index contributed by atoms with van der Waals surface area (Å²) in [6, 6.07) is 19.8. The summed E-state index contributed by atoms with van der Waals surface area (Å²) in [4.78, 5) is 1.44. The number of hydrogen-bond donors (Lipinski definition) is 3. The quantitative estimate of drug-likeness (QED) is 0.797. The Kier molecular flexibility index (Phi) is 5.01. The maximum atomic E-state index is 11.8. The molecule has 0 bridgehead atoms. The third-order valence-electron chi connectivity index (χ3n) is 6.11. The minimum Gasteiger partial charge on any atom is -0.389 e. The van der Waals surface area contributed by atoms with Crippen LogP contribution in [0.2, 0.25) is 0 Å². The average Bonchev–Trinajstić information content (AvgIpc) is 2.61. The third-order valence-corrected chi connectivity index (χ3v) is 6.11. The Morgan fingerprint density at radius 3 is 1.96 bits per heavy atom. The smallest absolute Gasteiger partial charge is 0.117 e. The molecule has 0 amide bonds. The molecule has 2 aromatic carbocycles. The van der Waals surface area contributed by atoms with Gasteiger partial charge in [0.1, 0.15) is 5.60 Å². The summed E-state index contributed by atoms with van der Waals surface area (Å²) in [5, 5.41) is 23.3. The first-order valence-corrected chi connectivity index (χ1v) is 9.23. The predicted octanol–water partition coefficient (Wildman–Crippen LogP) is 1.99. The Balaban J connectivity index is 2.02. The molecule has 134 valence electrons. The van der Waals surface area contributed by atoms with Crippen LogP contribution in [0.5, 0.6) is 0 Å². The van der Waals surface area contributed by atoms with Crippen LogP contribution in [-0.2, 0) is 5.60 Å². The molecule has 3 N–H and O–H groups in total. The maximum absolute atomic E-state index is 11.8. The number of likely N-dealkylation sites (tertiary alicyclic amines) is 1. The Bertz CT molecular complexity index is 648. The molecule has 0 saturated carbocycles. The molecule has 0 radical (unpaired) electrons. The second-order valence-electron chi connectivity index (χ2n) is 7.93. The van der Waals surface area contributed by atoms with Gasteiger partial charge in [0.05, 0.1) is 25.2 Å². The normalized spacial score (nSPS) is 30.2. The van der Waals surface area contributed by atoms with Crippen LogP contribution in [0.3, 0.4) is 0 Å². The molecule has 1 fully saturated rings. The fraction of sp³-hybridized carbons (Fsp3) is 0.455. The van der Waals surface area contributed by atoms with Crippen molar-refractivity contribution in [3.63, 3.8) is 0 Å². The zero-order valence-corrected chi connectivity index (χ0v) is 15.4. The molecule has 2 aromatic rings. The highest BCUT2D eigenvalue weighted by Gasteiger charge is 2.49. The van der Waals surface area contributed by atoms with E-state index in [1.807, 2.05) is 60.7 Å². The van der Waals surface area contributed by atoms with Crippen molar-refractivity contribution in [2.75, 3.05) is 13.6 Å². The summed E-state index contributed by atoms with van der Waals surface area (Å²) in [5.41, 5.74) is -0.419. The molecule has 4 atom stereocenters. The summed E-state index contributed by atoms with van der Waals surface area (Å²) in [7, 11) is 2.18. The lowest BCUT2D eigenvalue weighted by Crippen LogP contribution is -3.15. The van der Waals surface area contributed by atoms with Gasteiger partial charge in [-0.25, -0.2) is 0 Å². The van der Waals surface area contributed by atoms with Crippen LogP contribution < -0.4 is 4.90 Å². The fourth-order valence-corrected chi connectivity index (χ4v) is 4.27. The highest BCUT2D eigenvalue weighted by atomic mass is 16.3. The first-order valence-electron chi connectivity index (χ1n) is 9.23. The van der Waals surface area contributed by atoms with E-state index in [9.17, 15) is 10.2 Å². The molecule has 1 unspecified atom stereocenters. The van der Waals surface area contributed by atoms with E-state index < -0.39 is 11.2 Å². The summed E-state index contributed by atoms with van der Waals surface area (Å²) in [6.45, 7) is 5.19. The van der Waals surface area contributed by atoms with Gasteiger partial charge in [-0.3, -0.25) is 0 Å². The highest BCUT2D eigenvalue weighted by molar-refractivity contribution is 5.36. The van der Waals surface area contributed by atoms with Crippen molar-refractivity contribution in [1.82, 2.24) is 0 Å². The van der Waals surface area contributed by atoms with E-state index in [-0.39, 0.29) is 5.92 Å². The molecule has 0 aliphatic carbocycles. The first-order chi connectivity index (χ1) is 11.8. The van der Waals surface area contributed by atoms with Crippen molar-refractivity contribution in [3.8, 4) is 0 Å². The second-order valence-corrected chi connectivity index (χ2v) is 7.93. The van der Waals surface area contributed by atoms with Gasteiger partial charge in [-0.15, -0.1) is 0 Å². The van der Waals surface area contributed by atoms with Gasteiger partial charge >= 0.3 is 0 Å². The number of piperidine rings is 1. The van der Waals surface area contributed by atoms with Crippen LogP contribution >= 0.6 is 0 Å². The van der Waals surface area contributed by atoms with E-state index in [1.165, 1.54) is 4.90 Å². The molecule has 3 rings (SSSR count). The van der Waals surface area contributed by atoms with Crippen LogP contribution in [0.25, 0.3) is 0 Å². The van der Waals surface area contributed by atoms with Crippen molar-refractivity contribution in [1.29, 1.82) is 0 Å². The molecular weight excluding hydrogens is 310 g/mol. The van der Waals surface area contributed by atoms with Crippen molar-refractivity contribution in [2.24, 2.45) is 5.92 Å². The zero-order chi connectivity index (χ0) is 18.1. The number of quaternary nitrogens is 1. The standard InChI is InChI=1S/C22H29NO2/c1-17-15-23(3)18(2)14-21(17,24)16-22(25,19-10-6-4-7-11-19)20-12-8-5-9-13-20/h4-13,17-18,24-25H,14-16H2,1-3H3/p+1/t17-,18-,21-/m1/s1. The van der Waals surface area contributed by atoms with Gasteiger partial charge in [0.15, 0.2) is 0 Å². The number of hydrogen-bond acceptors (Lipinski definition) is 2. The van der Waals surface area contributed by atoms with Gasteiger partial charge in [-0.05, 0) is 18.1 Å². The van der Waals surface area contributed by atoms with Gasteiger partial charge in [-0.1, -0.05) is 67.6 Å². The van der Waals surface area contributed by atoms with Gasteiger partial charge in [-0.2, -0.15) is 0 Å². The molecule has 1 saturated heterocycles. The zero-order valence-electron chi connectivity index (χ0n) is 15.4. The minimum absolute atomic E-state index is 0.127. The Morgan fingerprint density at radius 2 is 1.48 bits per heavy atom. The van der Waals surface area contributed by atoms with Crippen LogP contribution in [0, 0.1) is 5.92 Å². The lowest BCUT2D eigenvalue weighted by Gasteiger charge is -2.47. The van der Waals surface area contributed by atoms with E-state index >= 15 is 0 Å². The second kappa shape index (κ2) is 6.91. The van der Waals surface area contributed by atoms with Crippen LogP contribution in [0.15, 0.2) is 60.7 Å². The summed E-state index contributed by atoms with van der Waals surface area (Å²) in [5.74, 6) is 0.127. The largest absolute Gasteiger partial charge is 0.389 e. The topological polar surface area (TPSA) is 44.9 Å². The Morgan fingerprint density at radius 1 is 1.00 bits per heavy atom. The van der Waals surface area contributed by atoms with E-state index in [0.717, 1.165) is 17.7 Å². The number of rotatable bonds is 4. The third kappa shape index (κ3) is 3.50. The number of aliphatic hydroxyl groups is 2. The molecule has 1 aliphatic heterocycles. The lowest BCUT2D eigenvalue weighted by molar-refractivity contribution is -0.916. The first kappa shape index (κ1) is 18.1. The molecular formula is C22H30NO2+. The predicted molar refractivity (Wildman–Crippen MR) is 100 cm³/mol. The highest BCUT2D eigenvalue weighted by Crippen LogP contribution is 2.41. The molecule has 3 heteroatoms. The van der Waals surface area contributed by atoms with Crippen molar-refractivity contribution in [2.45, 2.75) is 43.9 Å². The van der Waals surface area contributed by atoms with E-state index in [0.29, 0.717) is 18.9 Å². The summed E-state index contributed by atoms with van der Waals surface area (Å²) < 4.78 is 0. The number of benzene rings is 2. The molecule has 1 heterocycles. The van der Waals surface area contributed by atoms with Crippen molar-refractivity contribution >= 4 is 0 Å². The van der Waals surface area contributed by atoms with Crippen molar-refractivity contribution in [3.05, 3.63) is 71.8 Å². The van der Waals surface area contributed by atoms with Gasteiger partial charge < -0.3 is 15.1 Å².